The number of rotatable bonds is 4. The lowest BCUT2D eigenvalue weighted by molar-refractivity contribution is 0.540. The molecule has 0 radical (unpaired) electrons. The van der Waals surface area contributed by atoms with E-state index in [1.165, 1.54) is 0 Å². The second-order valence-corrected chi connectivity index (χ2v) is 13.0. The van der Waals surface area contributed by atoms with E-state index in [2.05, 4.69) is 105 Å². The quantitative estimate of drug-likeness (QED) is 0.177. The van der Waals surface area contributed by atoms with Gasteiger partial charge in [-0.25, -0.2) is 0 Å². The Balaban J connectivity index is 0.000000148. The maximum absolute atomic E-state index is 5.30. The van der Waals surface area contributed by atoms with Gasteiger partial charge in [0, 0.05) is 0 Å². The number of hydrogen-bond donors (Lipinski definition) is 0. The lowest BCUT2D eigenvalue weighted by atomic mass is 10.4. The third-order valence-electron chi connectivity index (χ3n) is 4.13. The average molecular weight is 776 g/mol. The molecule has 0 N–H and O–H groups in total. The van der Waals surface area contributed by atoms with Gasteiger partial charge in [0.05, 0.1) is 17.3 Å². The topological polar surface area (TPSA) is 129 Å². The van der Waals surface area contributed by atoms with Gasteiger partial charge in [-0.05, 0) is 112 Å². The van der Waals surface area contributed by atoms with E-state index in [-0.39, 0.29) is 0 Å². The molecule has 0 saturated heterocycles. The Morgan fingerprint density at radius 1 is 0.444 bits per heavy atom. The first-order valence-corrected chi connectivity index (χ1v) is 14.4. The molecule has 180 valence electrons. The van der Waals surface area contributed by atoms with Crippen molar-refractivity contribution in [3.8, 4) is 44.6 Å². The van der Waals surface area contributed by atoms with E-state index >= 15 is 0 Å². The molecular formula is C20H8Br4N8O2S2. The molecule has 0 atom stereocenters. The molecule has 0 aliphatic rings. The van der Waals surface area contributed by atoms with Crippen LogP contribution in [0.1, 0.15) is 0 Å². The van der Waals surface area contributed by atoms with Gasteiger partial charge in [0.15, 0.2) is 20.9 Å². The Morgan fingerprint density at radius 3 is 1.08 bits per heavy atom. The van der Waals surface area contributed by atoms with Gasteiger partial charge in [0.25, 0.3) is 0 Å². The second kappa shape index (κ2) is 11.4. The summed E-state index contributed by atoms with van der Waals surface area (Å²) in [5, 5.41) is 32.2. The zero-order valence-electron chi connectivity index (χ0n) is 17.3. The Kier molecular flexibility index (Phi) is 8.07. The van der Waals surface area contributed by atoms with Crippen LogP contribution in [0.4, 0.5) is 0 Å². The van der Waals surface area contributed by atoms with Crippen LogP contribution in [-0.4, -0.2) is 40.8 Å². The Hall–Kier alpha value is -2.24. The Bertz CT molecular complexity index is 1360. The summed E-state index contributed by atoms with van der Waals surface area (Å²) in [7, 11) is 0. The molecule has 0 unspecified atom stereocenters. The van der Waals surface area contributed by atoms with Crippen LogP contribution in [0.3, 0.4) is 0 Å². The monoisotopic (exact) mass is 772 g/mol. The largest absolute Gasteiger partial charge is 0.446 e. The van der Waals surface area contributed by atoms with Crippen molar-refractivity contribution in [3.63, 3.8) is 0 Å². The van der Waals surface area contributed by atoms with Gasteiger partial charge >= 0.3 is 0 Å². The summed E-state index contributed by atoms with van der Waals surface area (Å²) in [6, 6.07) is 14.7. The van der Waals surface area contributed by atoms with Gasteiger partial charge in [-0.2, -0.15) is 0 Å². The molecule has 0 fully saturated rings. The fourth-order valence-electron chi connectivity index (χ4n) is 2.59. The van der Waals surface area contributed by atoms with Crippen molar-refractivity contribution >= 4 is 86.4 Å². The van der Waals surface area contributed by atoms with E-state index in [0.717, 1.165) is 17.3 Å². The van der Waals surface area contributed by atoms with Crippen molar-refractivity contribution in [2.24, 2.45) is 0 Å². The number of thiophene rings is 2. The van der Waals surface area contributed by atoms with E-state index in [9.17, 15) is 0 Å². The third-order valence-corrected chi connectivity index (χ3v) is 8.22. The smallest absolute Gasteiger partial charge is 0.238 e. The normalized spacial score (nSPS) is 10.8. The number of hydrogen-bond acceptors (Lipinski definition) is 12. The van der Waals surface area contributed by atoms with Gasteiger partial charge in [0.2, 0.25) is 23.3 Å². The van der Waals surface area contributed by atoms with E-state index < -0.39 is 0 Å². The highest BCUT2D eigenvalue weighted by molar-refractivity contribution is 9.11. The van der Waals surface area contributed by atoms with Crippen molar-refractivity contribution in [1.82, 2.24) is 40.8 Å². The van der Waals surface area contributed by atoms with Crippen LogP contribution in [0.2, 0.25) is 0 Å². The first-order chi connectivity index (χ1) is 17.4. The van der Waals surface area contributed by atoms with E-state index in [4.69, 9.17) is 8.83 Å². The fraction of sp³-hybridized carbons (Fsp3) is 0. The molecule has 0 spiro atoms. The minimum atomic E-state index is 0.315. The van der Waals surface area contributed by atoms with Crippen molar-refractivity contribution in [2.75, 3.05) is 0 Å². The summed E-state index contributed by atoms with van der Waals surface area (Å²) in [5.41, 5.74) is 0. The molecule has 0 amide bonds. The highest BCUT2D eigenvalue weighted by Crippen LogP contribution is 2.30. The van der Waals surface area contributed by atoms with Gasteiger partial charge < -0.3 is 8.83 Å². The minimum absolute atomic E-state index is 0.315. The van der Waals surface area contributed by atoms with Gasteiger partial charge in [-0.1, -0.05) is 0 Å². The molecular weight excluding hydrogens is 768 g/mol. The molecule has 0 aromatic carbocycles. The maximum Gasteiger partial charge on any atom is 0.238 e. The van der Waals surface area contributed by atoms with E-state index in [1.807, 2.05) is 24.3 Å². The second-order valence-electron chi connectivity index (χ2n) is 6.51. The van der Waals surface area contributed by atoms with Crippen LogP contribution in [0, 0.1) is 0 Å². The third kappa shape index (κ3) is 6.18. The molecule has 6 heterocycles. The average Bonchev–Trinajstić information content (AvgIpc) is 3.69. The number of aromatic nitrogens is 8. The lowest BCUT2D eigenvalue weighted by Crippen LogP contribution is -1.97. The number of nitrogens with zero attached hydrogens (tertiary/aromatic N) is 8. The number of furan rings is 2. The van der Waals surface area contributed by atoms with Crippen molar-refractivity contribution in [2.45, 2.75) is 0 Å². The van der Waals surface area contributed by atoms with Crippen LogP contribution >= 0.6 is 86.4 Å². The van der Waals surface area contributed by atoms with E-state index in [1.54, 1.807) is 46.9 Å². The summed E-state index contributed by atoms with van der Waals surface area (Å²) in [4.78, 5) is 1.89. The lowest BCUT2D eigenvalue weighted by Gasteiger charge is -1.95. The molecule has 0 aliphatic carbocycles. The molecule has 6 aromatic heterocycles. The highest BCUT2D eigenvalue weighted by atomic mass is 79.9. The predicted octanol–water partition coefficient (Wildman–Crippen LogP) is 7.56. The van der Waals surface area contributed by atoms with Crippen molar-refractivity contribution < 1.29 is 8.83 Å². The van der Waals surface area contributed by atoms with Crippen LogP contribution in [0.25, 0.3) is 44.6 Å². The molecule has 0 saturated carbocycles. The van der Waals surface area contributed by atoms with Crippen molar-refractivity contribution in [3.05, 3.63) is 65.4 Å². The van der Waals surface area contributed by atoms with Crippen molar-refractivity contribution in [1.29, 1.82) is 0 Å². The van der Waals surface area contributed by atoms with Gasteiger partial charge in [0.1, 0.15) is 0 Å². The summed E-state index contributed by atoms with van der Waals surface area (Å²) >= 11 is 16.3. The van der Waals surface area contributed by atoms with Crippen LogP contribution in [0.15, 0.2) is 74.3 Å². The number of halogens is 4. The fourth-order valence-corrected chi connectivity index (χ4v) is 5.83. The highest BCUT2D eigenvalue weighted by Gasteiger charge is 2.12. The Morgan fingerprint density at radius 2 is 0.806 bits per heavy atom. The zero-order valence-corrected chi connectivity index (χ0v) is 25.3. The first-order valence-electron chi connectivity index (χ1n) is 9.62. The van der Waals surface area contributed by atoms with Gasteiger partial charge in [-0.15, -0.1) is 63.5 Å². The van der Waals surface area contributed by atoms with Gasteiger partial charge in [-0.3, -0.25) is 0 Å². The maximum atomic E-state index is 5.30. The summed E-state index contributed by atoms with van der Waals surface area (Å²) in [6.45, 7) is 0. The van der Waals surface area contributed by atoms with Crippen LogP contribution in [0.5, 0.6) is 0 Å². The summed E-state index contributed by atoms with van der Waals surface area (Å²) in [5.74, 6) is 2.71. The Labute approximate surface area is 244 Å². The molecule has 16 heteroatoms. The molecule has 6 aromatic rings. The molecule has 36 heavy (non-hydrogen) atoms. The molecule has 6 rings (SSSR count). The first kappa shape index (κ1) is 25.4. The summed E-state index contributed by atoms with van der Waals surface area (Å²) < 4.78 is 13.9. The molecule has 0 bridgehead atoms. The SMILES string of the molecule is Brc1ccc(-c2nnc(-c3ccc(Br)o3)nn2)o1.Brc1ccc(-c2nnc(-c3ccc(Br)s3)nn2)s1. The molecule has 10 nitrogen and oxygen atoms in total. The van der Waals surface area contributed by atoms with E-state index in [0.29, 0.717) is 44.2 Å². The minimum Gasteiger partial charge on any atom is -0.446 e. The van der Waals surface area contributed by atoms with Crippen LogP contribution in [-0.2, 0) is 0 Å². The zero-order chi connectivity index (χ0) is 25.1. The molecule has 0 aliphatic heterocycles. The summed E-state index contributed by atoms with van der Waals surface area (Å²) in [6.07, 6.45) is 0. The van der Waals surface area contributed by atoms with Crippen LogP contribution < -0.4 is 0 Å². The predicted molar refractivity (Wildman–Crippen MR) is 148 cm³/mol. The standard InChI is InChI=1S/C10H4Br2N4O2.C10H4Br2N4S2/c2*11-7-3-1-5(17-7)9-13-15-10(16-14-9)6-2-4-8(12)18-6/h2*1-4H.